The number of nitrogens with two attached hydrogens (primary N) is 1. The number of hydrogen-bond donors (Lipinski definition) is 2. The lowest BCUT2D eigenvalue weighted by molar-refractivity contribution is 0.890. The Bertz CT molecular complexity index is 367. The highest BCUT2D eigenvalue weighted by atomic mass is 32.1. The van der Waals surface area contributed by atoms with E-state index in [9.17, 15) is 0 Å². The second kappa shape index (κ2) is 3.71. The van der Waals surface area contributed by atoms with E-state index in [0.717, 1.165) is 18.9 Å². The van der Waals surface area contributed by atoms with Crippen molar-refractivity contribution in [3.8, 4) is 0 Å². The van der Waals surface area contributed by atoms with Gasteiger partial charge in [-0.05, 0) is 30.4 Å². The summed E-state index contributed by atoms with van der Waals surface area (Å²) in [5.74, 6) is 0.936. The number of hydrogen-bond acceptors (Lipinski definition) is 4. The van der Waals surface area contributed by atoms with Crippen LogP contribution >= 0.6 is 11.3 Å². The van der Waals surface area contributed by atoms with E-state index in [1.165, 1.54) is 16.0 Å². The zero-order chi connectivity index (χ0) is 10.1. The molecule has 0 aromatic carbocycles. The van der Waals surface area contributed by atoms with Crippen molar-refractivity contribution in [1.29, 1.82) is 0 Å². The van der Waals surface area contributed by atoms with Crippen LogP contribution in [-0.4, -0.2) is 18.9 Å². The lowest BCUT2D eigenvalue weighted by Crippen LogP contribution is -2.31. The van der Waals surface area contributed by atoms with Crippen LogP contribution in [0, 0.1) is 13.8 Å². The molecule has 0 saturated heterocycles. The standard InChI is InChI=1S/C10H15N3S/c1-6-7(2)14-5-8(6)9(11)10-12-3-4-13-10/h5,9H,3-4,11H2,1-2H3,(H,12,13). The van der Waals surface area contributed by atoms with Crippen LogP contribution in [0.4, 0.5) is 0 Å². The van der Waals surface area contributed by atoms with Crippen LogP contribution in [0.1, 0.15) is 22.0 Å². The van der Waals surface area contributed by atoms with E-state index in [-0.39, 0.29) is 6.04 Å². The molecule has 1 aliphatic heterocycles. The smallest absolute Gasteiger partial charge is 0.118 e. The molecule has 0 aliphatic carbocycles. The van der Waals surface area contributed by atoms with Gasteiger partial charge in [-0.25, -0.2) is 0 Å². The van der Waals surface area contributed by atoms with Gasteiger partial charge in [0.25, 0.3) is 0 Å². The van der Waals surface area contributed by atoms with Crippen LogP contribution in [0.25, 0.3) is 0 Å². The van der Waals surface area contributed by atoms with Crippen molar-refractivity contribution in [2.75, 3.05) is 13.1 Å². The second-order valence-electron chi connectivity index (χ2n) is 3.54. The van der Waals surface area contributed by atoms with Crippen molar-refractivity contribution < 1.29 is 0 Å². The molecular formula is C10H15N3S. The third kappa shape index (κ3) is 1.55. The Labute approximate surface area is 88.0 Å². The number of nitrogens with zero attached hydrogens (tertiary/aromatic N) is 1. The maximum Gasteiger partial charge on any atom is 0.118 e. The van der Waals surface area contributed by atoms with Crippen LogP contribution < -0.4 is 11.1 Å². The lowest BCUT2D eigenvalue weighted by atomic mass is 10.1. The molecule has 1 aromatic rings. The molecule has 2 rings (SSSR count). The summed E-state index contributed by atoms with van der Waals surface area (Å²) in [5, 5.41) is 5.36. The number of amidine groups is 1. The third-order valence-corrected chi connectivity index (χ3v) is 3.69. The number of thiophene rings is 1. The molecule has 0 radical (unpaired) electrons. The van der Waals surface area contributed by atoms with E-state index in [4.69, 9.17) is 5.73 Å². The van der Waals surface area contributed by atoms with Gasteiger partial charge in [-0.2, -0.15) is 0 Å². The first kappa shape index (κ1) is 9.68. The van der Waals surface area contributed by atoms with E-state index in [1.807, 2.05) is 0 Å². The molecule has 1 atom stereocenters. The van der Waals surface area contributed by atoms with Gasteiger partial charge in [0.05, 0.1) is 12.6 Å². The van der Waals surface area contributed by atoms with E-state index in [2.05, 4.69) is 29.5 Å². The van der Waals surface area contributed by atoms with Crippen LogP contribution in [0.2, 0.25) is 0 Å². The van der Waals surface area contributed by atoms with Gasteiger partial charge in [0.2, 0.25) is 0 Å². The summed E-state index contributed by atoms with van der Waals surface area (Å²) in [6, 6.07) is -0.0672. The fraction of sp³-hybridized carbons (Fsp3) is 0.500. The van der Waals surface area contributed by atoms with Crippen molar-refractivity contribution in [3.05, 3.63) is 21.4 Å². The fourth-order valence-corrected chi connectivity index (χ4v) is 2.53. The van der Waals surface area contributed by atoms with Gasteiger partial charge in [0.1, 0.15) is 5.84 Å². The fourth-order valence-electron chi connectivity index (χ4n) is 1.61. The van der Waals surface area contributed by atoms with E-state index in [1.54, 1.807) is 11.3 Å². The summed E-state index contributed by atoms with van der Waals surface area (Å²) < 4.78 is 0. The molecule has 76 valence electrons. The molecule has 0 saturated carbocycles. The van der Waals surface area contributed by atoms with Gasteiger partial charge in [-0.1, -0.05) is 0 Å². The average molecular weight is 209 g/mol. The first-order valence-corrected chi connectivity index (χ1v) is 5.66. The molecular weight excluding hydrogens is 194 g/mol. The van der Waals surface area contributed by atoms with Gasteiger partial charge in [0, 0.05) is 11.4 Å². The number of nitrogens with one attached hydrogen (secondary N) is 1. The number of aliphatic imine (C=N–C) groups is 1. The quantitative estimate of drug-likeness (QED) is 0.773. The molecule has 0 amide bonds. The maximum absolute atomic E-state index is 6.13. The molecule has 3 nitrogen and oxygen atoms in total. The van der Waals surface area contributed by atoms with Gasteiger partial charge < -0.3 is 11.1 Å². The van der Waals surface area contributed by atoms with Crippen LogP contribution in [0.5, 0.6) is 0 Å². The highest BCUT2D eigenvalue weighted by molar-refractivity contribution is 7.10. The normalized spacial score (nSPS) is 17.8. The van der Waals surface area contributed by atoms with E-state index < -0.39 is 0 Å². The minimum absolute atomic E-state index is 0.0672. The largest absolute Gasteiger partial charge is 0.370 e. The number of rotatable bonds is 2. The van der Waals surface area contributed by atoms with Crippen LogP contribution in [0.15, 0.2) is 10.4 Å². The Balaban J connectivity index is 2.26. The summed E-state index contributed by atoms with van der Waals surface area (Å²) in [7, 11) is 0. The van der Waals surface area contributed by atoms with E-state index >= 15 is 0 Å². The topological polar surface area (TPSA) is 50.4 Å². The van der Waals surface area contributed by atoms with Gasteiger partial charge in [0.15, 0.2) is 0 Å². The van der Waals surface area contributed by atoms with Crippen LogP contribution in [0.3, 0.4) is 0 Å². The molecule has 0 spiro atoms. The summed E-state index contributed by atoms with van der Waals surface area (Å²) in [5.41, 5.74) is 8.64. The molecule has 2 heterocycles. The minimum Gasteiger partial charge on any atom is -0.370 e. The zero-order valence-electron chi connectivity index (χ0n) is 8.50. The molecule has 0 bridgehead atoms. The zero-order valence-corrected chi connectivity index (χ0v) is 9.32. The van der Waals surface area contributed by atoms with Crippen molar-refractivity contribution in [2.45, 2.75) is 19.9 Å². The SMILES string of the molecule is Cc1scc(C(N)C2=NCCN2)c1C. The Morgan fingerprint density at radius 1 is 1.57 bits per heavy atom. The molecule has 1 unspecified atom stereocenters. The monoisotopic (exact) mass is 209 g/mol. The predicted octanol–water partition coefficient (Wildman–Crippen LogP) is 1.37. The molecule has 3 N–H and O–H groups in total. The second-order valence-corrected chi connectivity index (χ2v) is 4.63. The third-order valence-electron chi connectivity index (χ3n) is 2.65. The van der Waals surface area contributed by atoms with Crippen molar-refractivity contribution >= 4 is 17.2 Å². The van der Waals surface area contributed by atoms with Gasteiger partial charge >= 0.3 is 0 Å². The van der Waals surface area contributed by atoms with Gasteiger partial charge in [-0.15, -0.1) is 11.3 Å². The van der Waals surface area contributed by atoms with Crippen molar-refractivity contribution in [1.82, 2.24) is 5.32 Å². The summed E-state index contributed by atoms with van der Waals surface area (Å²) >= 11 is 1.76. The van der Waals surface area contributed by atoms with E-state index in [0.29, 0.717) is 0 Å². The highest BCUT2D eigenvalue weighted by Crippen LogP contribution is 2.25. The average Bonchev–Trinajstić information content (AvgIpc) is 2.77. The molecule has 1 aromatic heterocycles. The highest BCUT2D eigenvalue weighted by Gasteiger charge is 2.19. The first-order chi connectivity index (χ1) is 6.70. The molecule has 1 aliphatic rings. The van der Waals surface area contributed by atoms with Crippen molar-refractivity contribution in [2.24, 2.45) is 10.7 Å². The minimum atomic E-state index is -0.0672. The Morgan fingerprint density at radius 3 is 2.86 bits per heavy atom. The number of aryl methyl sites for hydroxylation is 1. The van der Waals surface area contributed by atoms with Crippen LogP contribution in [-0.2, 0) is 0 Å². The summed E-state index contributed by atoms with van der Waals surface area (Å²) in [6.45, 7) is 6.02. The predicted molar refractivity (Wildman–Crippen MR) is 61.0 cm³/mol. The molecule has 14 heavy (non-hydrogen) atoms. The maximum atomic E-state index is 6.13. The Morgan fingerprint density at radius 2 is 2.36 bits per heavy atom. The Hall–Kier alpha value is -0.870. The molecule has 4 heteroatoms. The summed E-state index contributed by atoms with van der Waals surface area (Å²) in [6.07, 6.45) is 0. The summed E-state index contributed by atoms with van der Waals surface area (Å²) in [4.78, 5) is 5.69. The lowest BCUT2D eigenvalue weighted by Gasteiger charge is -2.12. The molecule has 0 fully saturated rings. The Kier molecular flexibility index (Phi) is 2.56. The van der Waals surface area contributed by atoms with Crippen molar-refractivity contribution in [3.63, 3.8) is 0 Å². The van der Waals surface area contributed by atoms with Gasteiger partial charge in [-0.3, -0.25) is 4.99 Å². The first-order valence-electron chi connectivity index (χ1n) is 4.78.